The van der Waals surface area contributed by atoms with Crippen LogP contribution in [0.1, 0.15) is 10.4 Å². The topological polar surface area (TPSA) is 80.9 Å². The molecule has 0 saturated heterocycles. The van der Waals surface area contributed by atoms with Gasteiger partial charge in [-0.1, -0.05) is 11.6 Å². The van der Waals surface area contributed by atoms with E-state index < -0.39 is 5.91 Å². The number of amides is 1. The number of rotatable bonds is 2. The molecule has 0 aliphatic rings. The van der Waals surface area contributed by atoms with Gasteiger partial charge in [0.1, 0.15) is 5.82 Å². The number of anilines is 2. The number of benzene rings is 1. The second kappa shape index (κ2) is 5.20. The summed E-state index contributed by atoms with van der Waals surface area (Å²) in [4.78, 5) is 19.5. The Kier molecular flexibility index (Phi) is 3.64. The summed E-state index contributed by atoms with van der Waals surface area (Å²) in [5, 5.41) is 3.03. The van der Waals surface area contributed by atoms with Crippen molar-refractivity contribution in [1.82, 2.24) is 9.97 Å². The maximum atomic E-state index is 11.9. The second-order valence-electron chi connectivity index (χ2n) is 3.40. The molecule has 92 valence electrons. The number of carbonyl (C=O) groups is 1. The zero-order valence-electron chi connectivity index (χ0n) is 9.02. The summed E-state index contributed by atoms with van der Waals surface area (Å²) in [6, 6.07) is 6.17. The van der Waals surface area contributed by atoms with Crippen LogP contribution in [0.15, 0.2) is 30.5 Å². The molecule has 0 saturated carbocycles. The van der Waals surface area contributed by atoms with E-state index in [4.69, 9.17) is 28.9 Å². The second-order valence-corrected chi connectivity index (χ2v) is 4.17. The van der Waals surface area contributed by atoms with Crippen molar-refractivity contribution in [1.29, 1.82) is 0 Å². The van der Waals surface area contributed by atoms with Crippen molar-refractivity contribution >= 4 is 40.6 Å². The summed E-state index contributed by atoms with van der Waals surface area (Å²) in [6.45, 7) is 0. The summed E-state index contributed by atoms with van der Waals surface area (Å²) in [5.41, 5.74) is 6.30. The zero-order chi connectivity index (χ0) is 13.1. The molecule has 0 atom stereocenters. The van der Waals surface area contributed by atoms with Gasteiger partial charge in [0.05, 0.1) is 5.56 Å². The van der Waals surface area contributed by atoms with Gasteiger partial charge in [0.2, 0.25) is 5.28 Å². The number of hydrogen-bond donors (Lipinski definition) is 2. The molecule has 0 aliphatic carbocycles. The summed E-state index contributed by atoms with van der Waals surface area (Å²) < 4.78 is 0. The van der Waals surface area contributed by atoms with Gasteiger partial charge in [-0.2, -0.15) is 0 Å². The van der Waals surface area contributed by atoms with Crippen LogP contribution >= 0.6 is 23.2 Å². The highest BCUT2D eigenvalue weighted by Crippen LogP contribution is 2.19. The molecule has 2 aromatic rings. The number of nitrogens with one attached hydrogen (secondary N) is 1. The smallest absolute Gasteiger partial charge is 0.258 e. The molecule has 2 rings (SSSR count). The number of hydrogen-bond acceptors (Lipinski definition) is 4. The van der Waals surface area contributed by atoms with Crippen LogP contribution < -0.4 is 11.1 Å². The molecule has 1 aromatic carbocycles. The molecule has 0 unspecified atom stereocenters. The third kappa shape index (κ3) is 2.88. The lowest BCUT2D eigenvalue weighted by molar-refractivity contribution is 0.102. The van der Waals surface area contributed by atoms with Crippen LogP contribution in [0.25, 0.3) is 0 Å². The molecular formula is C11H8Cl2N4O. The summed E-state index contributed by atoms with van der Waals surface area (Å²) in [6.07, 6.45) is 1.44. The van der Waals surface area contributed by atoms with E-state index in [1.165, 1.54) is 18.3 Å². The first kappa shape index (κ1) is 12.6. The van der Waals surface area contributed by atoms with E-state index in [1.807, 2.05) is 0 Å². The number of halogens is 2. The first-order valence-corrected chi connectivity index (χ1v) is 5.67. The van der Waals surface area contributed by atoms with Gasteiger partial charge in [0.25, 0.3) is 5.91 Å². The molecule has 7 heteroatoms. The molecule has 0 radical (unpaired) electrons. The minimum atomic E-state index is -0.412. The molecule has 0 spiro atoms. The molecule has 1 heterocycles. The highest BCUT2D eigenvalue weighted by Gasteiger charge is 2.11. The van der Waals surface area contributed by atoms with E-state index in [2.05, 4.69) is 15.3 Å². The fourth-order valence-corrected chi connectivity index (χ4v) is 1.63. The molecule has 0 aliphatic heterocycles. The van der Waals surface area contributed by atoms with Crippen LogP contribution in [-0.4, -0.2) is 15.9 Å². The van der Waals surface area contributed by atoms with Gasteiger partial charge < -0.3 is 11.1 Å². The Hall–Kier alpha value is -1.85. The molecule has 0 fully saturated rings. The Labute approximate surface area is 113 Å². The van der Waals surface area contributed by atoms with Crippen LogP contribution in [0.2, 0.25) is 10.3 Å². The van der Waals surface area contributed by atoms with E-state index in [0.29, 0.717) is 16.5 Å². The Bertz CT molecular complexity index is 603. The van der Waals surface area contributed by atoms with Gasteiger partial charge in [0.15, 0.2) is 0 Å². The molecule has 1 aromatic heterocycles. The van der Waals surface area contributed by atoms with Gasteiger partial charge in [-0.15, -0.1) is 0 Å². The number of nitrogen functional groups attached to an aromatic ring is 1. The van der Waals surface area contributed by atoms with E-state index in [1.54, 1.807) is 12.1 Å². The van der Waals surface area contributed by atoms with Crippen molar-refractivity contribution in [3.63, 3.8) is 0 Å². The molecule has 3 N–H and O–H groups in total. The molecule has 5 nitrogen and oxygen atoms in total. The van der Waals surface area contributed by atoms with E-state index in [0.717, 1.165) is 0 Å². The van der Waals surface area contributed by atoms with Gasteiger partial charge in [-0.05, 0) is 35.9 Å². The minimum absolute atomic E-state index is 0.0480. The Morgan fingerprint density at radius 1 is 1.28 bits per heavy atom. The molecule has 0 bridgehead atoms. The fourth-order valence-electron chi connectivity index (χ4n) is 1.31. The van der Waals surface area contributed by atoms with Crippen LogP contribution in [0.4, 0.5) is 11.5 Å². The SMILES string of the molecule is Nc1ccc(Cl)cc1C(=O)Nc1ccnc(Cl)n1. The van der Waals surface area contributed by atoms with Crippen LogP contribution in [-0.2, 0) is 0 Å². The van der Waals surface area contributed by atoms with Crippen molar-refractivity contribution in [2.45, 2.75) is 0 Å². The minimum Gasteiger partial charge on any atom is -0.398 e. The Balaban J connectivity index is 2.24. The largest absolute Gasteiger partial charge is 0.398 e. The normalized spacial score (nSPS) is 10.1. The summed E-state index contributed by atoms with van der Waals surface area (Å²) >= 11 is 11.4. The maximum Gasteiger partial charge on any atom is 0.258 e. The highest BCUT2D eigenvalue weighted by molar-refractivity contribution is 6.31. The van der Waals surface area contributed by atoms with E-state index >= 15 is 0 Å². The molecule has 18 heavy (non-hydrogen) atoms. The summed E-state index contributed by atoms with van der Waals surface area (Å²) in [5.74, 6) is -0.121. The van der Waals surface area contributed by atoms with Gasteiger partial charge >= 0.3 is 0 Å². The lowest BCUT2D eigenvalue weighted by atomic mass is 10.1. The van der Waals surface area contributed by atoms with Crippen LogP contribution in [0.5, 0.6) is 0 Å². The average molecular weight is 283 g/mol. The van der Waals surface area contributed by atoms with Crippen molar-refractivity contribution in [2.24, 2.45) is 0 Å². The van der Waals surface area contributed by atoms with Gasteiger partial charge in [-0.3, -0.25) is 4.79 Å². The molecule has 1 amide bonds. The predicted molar refractivity (Wildman–Crippen MR) is 70.9 cm³/mol. The van der Waals surface area contributed by atoms with Crippen molar-refractivity contribution < 1.29 is 4.79 Å². The maximum absolute atomic E-state index is 11.9. The Morgan fingerprint density at radius 2 is 2.06 bits per heavy atom. The predicted octanol–water partition coefficient (Wildman–Crippen LogP) is 2.62. The zero-order valence-corrected chi connectivity index (χ0v) is 10.5. The molecular weight excluding hydrogens is 275 g/mol. The third-order valence-corrected chi connectivity index (χ3v) is 2.54. The first-order valence-electron chi connectivity index (χ1n) is 4.91. The lowest BCUT2D eigenvalue weighted by Gasteiger charge is -2.07. The third-order valence-electron chi connectivity index (χ3n) is 2.13. The standard InChI is InChI=1S/C11H8Cl2N4O/c12-6-1-2-8(14)7(5-6)10(18)16-9-3-4-15-11(13)17-9/h1-5H,14H2,(H,15,16,17,18). The monoisotopic (exact) mass is 282 g/mol. The highest BCUT2D eigenvalue weighted by atomic mass is 35.5. The first-order chi connectivity index (χ1) is 8.56. The van der Waals surface area contributed by atoms with Crippen molar-refractivity contribution in [2.75, 3.05) is 11.1 Å². The Morgan fingerprint density at radius 3 is 2.78 bits per heavy atom. The number of nitrogens with zero attached hydrogens (tertiary/aromatic N) is 2. The van der Waals surface area contributed by atoms with E-state index in [9.17, 15) is 4.79 Å². The summed E-state index contributed by atoms with van der Waals surface area (Å²) in [7, 11) is 0. The quantitative estimate of drug-likeness (QED) is 0.655. The number of nitrogens with two attached hydrogens (primary N) is 1. The van der Waals surface area contributed by atoms with Crippen molar-refractivity contribution in [3.8, 4) is 0 Å². The van der Waals surface area contributed by atoms with Gasteiger partial charge in [-0.25, -0.2) is 9.97 Å². The van der Waals surface area contributed by atoms with Crippen molar-refractivity contribution in [3.05, 3.63) is 46.3 Å². The van der Waals surface area contributed by atoms with E-state index in [-0.39, 0.29) is 10.8 Å². The number of aromatic nitrogens is 2. The van der Waals surface area contributed by atoms with Crippen LogP contribution in [0.3, 0.4) is 0 Å². The lowest BCUT2D eigenvalue weighted by Crippen LogP contribution is -2.15. The average Bonchev–Trinajstić information content (AvgIpc) is 2.32. The fraction of sp³-hybridized carbons (Fsp3) is 0. The van der Waals surface area contributed by atoms with Crippen LogP contribution in [0, 0.1) is 0 Å². The number of carbonyl (C=O) groups excluding carboxylic acids is 1. The van der Waals surface area contributed by atoms with Gasteiger partial charge in [0, 0.05) is 16.9 Å².